The first-order valence-corrected chi connectivity index (χ1v) is 7.64. The van der Waals surface area contributed by atoms with Gasteiger partial charge in [0.15, 0.2) is 5.82 Å². The van der Waals surface area contributed by atoms with Gasteiger partial charge in [0.1, 0.15) is 0 Å². The van der Waals surface area contributed by atoms with Crippen LogP contribution in [0.15, 0.2) is 36.9 Å². The van der Waals surface area contributed by atoms with Crippen molar-refractivity contribution in [1.29, 1.82) is 0 Å². The molecule has 8 heteroatoms. The van der Waals surface area contributed by atoms with Crippen LogP contribution in [0, 0.1) is 0 Å². The highest BCUT2D eigenvalue weighted by molar-refractivity contribution is 6.01. The minimum absolute atomic E-state index is 0.0145. The molecule has 3 rings (SSSR count). The fourth-order valence-electron chi connectivity index (χ4n) is 2.64. The fraction of sp³-hybridized carbons (Fsp3) is 0.312. The van der Waals surface area contributed by atoms with Crippen LogP contribution in [-0.2, 0) is 17.8 Å². The van der Waals surface area contributed by atoms with Crippen LogP contribution < -0.4 is 10.2 Å². The van der Waals surface area contributed by atoms with Gasteiger partial charge < -0.3 is 10.2 Å². The highest BCUT2D eigenvalue weighted by Crippen LogP contribution is 2.16. The van der Waals surface area contributed by atoms with E-state index in [9.17, 15) is 9.59 Å². The number of amides is 2. The topological polar surface area (TPSA) is 93.0 Å². The van der Waals surface area contributed by atoms with Gasteiger partial charge in [0.2, 0.25) is 5.91 Å². The second kappa shape index (κ2) is 6.61. The number of nitrogens with one attached hydrogen (secondary N) is 1. The van der Waals surface area contributed by atoms with E-state index in [0.717, 1.165) is 12.2 Å². The lowest BCUT2D eigenvalue weighted by molar-refractivity contribution is -0.113. The summed E-state index contributed by atoms with van der Waals surface area (Å²) < 4.78 is 1.75. The molecule has 124 valence electrons. The lowest BCUT2D eigenvalue weighted by Crippen LogP contribution is -2.40. The summed E-state index contributed by atoms with van der Waals surface area (Å²) in [5, 5.41) is 14.5. The Morgan fingerprint density at radius 1 is 1.38 bits per heavy atom. The summed E-state index contributed by atoms with van der Waals surface area (Å²) in [5.74, 6) is 0.434. The largest absolute Gasteiger partial charge is 0.349 e. The molecule has 0 aliphatic carbocycles. The lowest BCUT2D eigenvalue weighted by atomic mass is 10.1. The molecule has 1 N–H and O–H groups in total. The Morgan fingerprint density at radius 2 is 2.12 bits per heavy atom. The molecule has 1 unspecified atom stereocenters. The summed E-state index contributed by atoms with van der Waals surface area (Å²) in [6.07, 6.45) is 2.66. The Kier molecular flexibility index (Phi) is 4.37. The van der Waals surface area contributed by atoms with Crippen LogP contribution in [0.25, 0.3) is 0 Å². The molecule has 1 aliphatic heterocycles. The van der Waals surface area contributed by atoms with Crippen LogP contribution >= 0.6 is 0 Å². The van der Waals surface area contributed by atoms with Gasteiger partial charge in [-0.2, -0.15) is 0 Å². The molecule has 0 radical (unpaired) electrons. The van der Waals surface area contributed by atoms with Crippen molar-refractivity contribution in [3.63, 3.8) is 0 Å². The van der Waals surface area contributed by atoms with E-state index < -0.39 is 0 Å². The highest BCUT2D eigenvalue weighted by Gasteiger charge is 2.22. The summed E-state index contributed by atoms with van der Waals surface area (Å²) in [7, 11) is 1.66. The minimum atomic E-state index is -0.202. The molecule has 0 spiro atoms. The van der Waals surface area contributed by atoms with Crippen molar-refractivity contribution in [3.8, 4) is 0 Å². The van der Waals surface area contributed by atoms with Crippen LogP contribution in [-0.4, -0.2) is 45.1 Å². The normalized spacial score (nSPS) is 16.1. The Morgan fingerprint density at radius 3 is 2.83 bits per heavy atom. The van der Waals surface area contributed by atoms with E-state index in [1.807, 2.05) is 0 Å². The van der Waals surface area contributed by atoms with Gasteiger partial charge in [-0.05, 0) is 47.2 Å². The Balaban J connectivity index is 1.63. The average molecular weight is 326 g/mol. The molecule has 2 amide bonds. The van der Waals surface area contributed by atoms with Gasteiger partial charge in [-0.25, -0.2) is 4.68 Å². The zero-order chi connectivity index (χ0) is 17.1. The molecule has 1 atom stereocenters. The lowest BCUT2D eigenvalue weighted by Gasteiger charge is -2.22. The Hall–Kier alpha value is -3.03. The summed E-state index contributed by atoms with van der Waals surface area (Å²) in [4.78, 5) is 25.4. The Bertz CT molecular complexity index is 767. The van der Waals surface area contributed by atoms with Gasteiger partial charge in [-0.1, -0.05) is 6.58 Å². The minimum Gasteiger partial charge on any atom is -0.349 e. The molecule has 1 aliphatic rings. The monoisotopic (exact) mass is 326 g/mol. The van der Waals surface area contributed by atoms with Gasteiger partial charge in [-0.15, -0.1) is 5.10 Å². The number of hydrogen-bond donors (Lipinski definition) is 1. The third-order valence-electron chi connectivity index (χ3n) is 4.08. The Labute approximate surface area is 139 Å². The summed E-state index contributed by atoms with van der Waals surface area (Å²) in [6, 6.07) is 6.88. The molecule has 24 heavy (non-hydrogen) atoms. The molecule has 0 saturated heterocycles. The second-order valence-corrected chi connectivity index (χ2v) is 5.63. The van der Waals surface area contributed by atoms with Crippen molar-refractivity contribution < 1.29 is 9.59 Å². The van der Waals surface area contributed by atoms with Gasteiger partial charge in [-0.3, -0.25) is 9.59 Å². The van der Waals surface area contributed by atoms with Crippen molar-refractivity contribution in [2.75, 3.05) is 11.9 Å². The van der Waals surface area contributed by atoms with Crippen LogP contribution in [0.1, 0.15) is 22.6 Å². The summed E-state index contributed by atoms with van der Waals surface area (Å²) >= 11 is 0. The average Bonchev–Trinajstić information content (AvgIpc) is 3.08. The van der Waals surface area contributed by atoms with E-state index in [-0.39, 0.29) is 17.9 Å². The zero-order valence-electron chi connectivity index (χ0n) is 13.3. The number of benzene rings is 1. The van der Waals surface area contributed by atoms with E-state index in [0.29, 0.717) is 24.2 Å². The van der Waals surface area contributed by atoms with Crippen LogP contribution in [0.5, 0.6) is 0 Å². The van der Waals surface area contributed by atoms with Crippen molar-refractivity contribution >= 4 is 17.5 Å². The maximum Gasteiger partial charge on any atom is 0.251 e. The van der Waals surface area contributed by atoms with Crippen molar-refractivity contribution in [1.82, 2.24) is 25.5 Å². The number of aryl methyl sites for hydroxylation is 1. The van der Waals surface area contributed by atoms with E-state index in [1.165, 1.54) is 11.0 Å². The SMILES string of the molecule is C=CC(=O)N(C)c1ccc(C(=O)NC2CCn3nnnc3C2)cc1. The predicted molar refractivity (Wildman–Crippen MR) is 87.4 cm³/mol. The first kappa shape index (κ1) is 15.9. The summed E-state index contributed by atoms with van der Waals surface area (Å²) in [5.41, 5.74) is 1.25. The number of carbonyl (C=O) groups excluding carboxylic acids is 2. The number of carbonyl (C=O) groups is 2. The first-order valence-electron chi connectivity index (χ1n) is 7.64. The number of rotatable bonds is 4. The zero-order valence-corrected chi connectivity index (χ0v) is 13.3. The summed E-state index contributed by atoms with van der Waals surface area (Å²) in [6.45, 7) is 4.15. The van der Waals surface area contributed by atoms with E-state index in [2.05, 4.69) is 27.4 Å². The molecule has 2 heterocycles. The number of hydrogen-bond acceptors (Lipinski definition) is 5. The van der Waals surface area contributed by atoms with E-state index in [1.54, 1.807) is 36.0 Å². The molecule has 1 aromatic heterocycles. The van der Waals surface area contributed by atoms with E-state index >= 15 is 0 Å². The molecule has 8 nitrogen and oxygen atoms in total. The maximum atomic E-state index is 12.4. The predicted octanol–water partition coefficient (Wildman–Crippen LogP) is 0.567. The number of tetrazole rings is 1. The molecule has 0 fully saturated rings. The van der Waals surface area contributed by atoms with Gasteiger partial charge in [0.05, 0.1) is 0 Å². The van der Waals surface area contributed by atoms with Crippen LogP contribution in [0.3, 0.4) is 0 Å². The quantitative estimate of drug-likeness (QED) is 0.829. The van der Waals surface area contributed by atoms with Crippen molar-refractivity contribution in [3.05, 3.63) is 48.3 Å². The van der Waals surface area contributed by atoms with Crippen molar-refractivity contribution in [2.24, 2.45) is 0 Å². The second-order valence-electron chi connectivity index (χ2n) is 5.63. The number of anilines is 1. The number of likely N-dealkylation sites (N-methyl/N-ethyl adjacent to an activating group) is 1. The third kappa shape index (κ3) is 3.17. The first-order chi connectivity index (χ1) is 11.6. The van der Waals surface area contributed by atoms with Crippen LogP contribution in [0.4, 0.5) is 5.69 Å². The smallest absolute Gasteiger partial charge is 0.251 e. The molecule has 1 aromatic carbocycles. The number of fused-ring (bicyclic) bond motifs is 1. The third-order valence-corrected chi connectivity index (χ3v) is 4.08. The maximum absolute atomic E-state index is 12.4. The number of aromatic nitrogens is 4. The molecule has 2 aromatic rings. The van der Waals surface area contributed by atoms with Crippen molar-refractivity contribution in [2.45, 2.75) is 25.4 Å². The van der Waals surface area contributed by atoms with E-state index in [4.69, 9.17) is 0 Å². The molecular weight excluding hydrogens is 308 g/mol. The molecule has 0 bridgehead atoms. The van der Waals surface area contributed by atoms with Gasteiger partial charge >= 0.3 is 0 Å². The van der Waals surface area contributed by atoms with Gasteiger partial charge in [0, 0.05) is 37.3 Å². The standard InChI is InChI=1S/C16H18N6O2/c1-3-15(23)21(2)13-6-4-11(5-7-13)16(24)17-12-8-9-22-14(10-12)18-19-20-22/h3-7,12H,1,8-10H2,2H3,(H,17,24). The number of nitrogens with zero attached hydrogens (tertiary/aromatic N) is 5. The van der Waals surface area contributed by atoms with Gasteiger partial charge in [0.25, 0.3) is 5.91 Å². The molecular formula is C16H18N6O2. The fourth-order valence-corrected chi connectivity index (χ4v) is 2.64. The van der Waals surface area contributed by atoms with Crippen LogP contribution in [0.2, 0.25) is 0 Å². The highest BCUT2D eigenvalue weighted by atomic mass is 16.2. The molecule has 0 saturated carbocycles.